The fourth-order valence-corrected chi connectivity index (χ4v) is 2.16. The molecule has 0 spiro atoms. The molecule has 16 heavy (non-hydrogen) atoms. The minimum absolute atomic E-state index is 0.168. The maximum atomic E-state index is 9.01. The summed E-state index contributed by atoms with van der Waals surface area (Å²) >= 11 is 7.85. The van der Waals surface area contributed by atoms with Crippen molar-refractivity contribution in [1.82, 2.24) is 0 Å². The van der Waals surface area contributed by atoms with Gasteiger partial charge in [0.2, 0.25) is 0 Å². The third-order valence-corrected chi connectivity index (χ3v) is 3.38. The van der Waals surface area contributed by atoms with Crippen molar-refractivity contribution in [3.8, 4) is 6.07 Å². The minimum Gasteiger partial charge on any atom is -0.369 e. The molecule has 1 aromatic rings. The fraction of sp³-hybridized carbons (Fsp3) is 0.417. The fourth-order valence-electron chi connectivity index (χ4n) is 1.28. The molecule has 0 fully saturated rings. The molecule has 1 aromatic carbocycles. The summed E-state index contributed by atoms with van der Waals surface area (Å²) in [6.45, 7) is 2.12. The van der Waals surface area contributed by atoms with Crippen LogP contribution in [-0.4, -0.2) is 17.5 Å². The molecule has 1 atom stereocenters. The molecule has 0 aliphatic rings. The van der Waals surface area contributed by atoms with Crippen LogP contribution < -0.4 is 5.32 Å². The lowest BCUT2D eigenvalue weighted by atomic mass is 10.2. The minimum atomic E-state index is -0.168. The van der Waals surface area contributed by atoms with Gasteiger partial charge in [-0.15, -0.1) is 0 Å². The van der Waals surface area contributed by atoms with Crippen LogP contribution in [-0.2, 0) is 0 Å². The predicted molar refractivity (Wildman–Crippen MR) is 72.1 cm³/mol. The van der Waals surface area contributed by atoms with Crippen molar-refractivity contribution in [3.63, 3.8) is 0 Å². The summed E-state index contributed by atoms with van der Waals surface area (Å²) in [4.78, 5) is 0. The molecule has 1 unspecified atom stereocenters. The van der Waals surface area contributed by atoms with E-state index in [2.05, 4.69) is 18.3 Å². The monoisotopic (exact) mass is 254 g/mol. The zero-order valence-corrected chi connectivity index (χ0v) is 10.8. The SMILES string of the molecule is CCSCCC(C#N)Nc1ccccc1Cl. The average Bonchev–Trinajstić information content (AvgIpc) is 2.30. The summed E-state index contributed by atoms with van der Waals surface area (Å²) in [5.41, 5.74) is 0.831. The first-order valence-electron chi connectivity index (χ1n) is 5.26. The quantitative estimate of drug-likeness (QED) is 0.785. The van der Waals surface area contributed by atoms with E-state index in [1.165, 1.54) is 0 Å². The number of nitriles is 1. The Morgan fingerprint density at radius 1 is 1.50 bits per heavy atom. The van der Waals surface area contributed by atoms with Gasteiger partial charge in [-0.25, -0.2) is 0 Å². The highest BCUT2D eigenvalue weighted by Gasteiger charge is 2.08. The lowest BCUT2D eigenvalue weighted by Crippen LogP contribution is -2.18. The van der Waals surface area contributed by atoms with E-state index in [0.29, 0.717) is 5.02 Å². The van der Waals surface area contributed by atoms with Gasteiger partial charge in [-0.3, -0.25) is 0 Å². The van der Waals surface area contributed by atoms with Crippen molar-refractivity contribution < 1.29 is 0 Å². The third-order valence-electron chi connectivity index (χ3n) is 2.11. The maximum Gasteiger partial charge on any atom is 0.115 e. The molecule has 4 heteroatoms. The molecule has 1 N–H and O–H groups in total. The van der Waals surface area contributed by atoms with Gasteiger partial charge in [0.05, 0.1) is 16.8 Å². The first-order chi connectivity index (χ1) is 7.77. The third kappa shape index (κ3) is 4.34. The molecule has 0 amide bonds. The Morgan fingerprint density at radius 2 is 2.25 bits per heavy atom. The zero-order chi connectivity index (χ0) is 11.8. The lowest BCUT2D eigenvalue weighted by Gasteiger charge is -2.13. The van der Waals surface area contributed by atoms with Crippen molar-refractivity contribution in [2.75, 3.05) is 16.8 Å². The van der Waals surface area contributed by atoms with Gasteiger partial charge in [-0.2, -0.15) is 17.0 Å². The summed E-state index contributed by atoms with van der Waals surface area (Å²) in [6, 6.07) is 9.58. The molecule has 2 nitrogen and oxygen atoms in total. The summed E-state index contributed by atoms with van der Waals surface area (Å²) in [5.74, 6) is 2.08. The van der Waals surface area contributed by atoms with Crippen LogP contribution in [0.5, 0.6) is 0 Å². The largest absolute Gasteiger partial charge is 0.369 e. The van der Waals surface area contributed by atoms with Crippen molar-refractivity contribution in [2.24, 2.45) is 0 Å². The van der Waals surface area contributed by atoms with Crippen LogP contribution >= 0.6 is 23.4 Å². The summed E-state index contributed by atoms with van der Waals surface area (Å²) < 4.78 is 0. The van der Waals surface area contributed by atoms with Gasteiger partial charge in [0, 0.05) is 0 Å². The normalized spacial score (nSPS) is 11.8. The molecule has 0 radical (unpaired) electrons. The van der Waals surface area contributed by atoms with Crippen LogP contribution in [0.4, 0.5) is 5.69 Å². The van der Waals surface area contributed by atoms with Gasteiger partial charge in [-0.05, 0) is 30.1 Å². The molecule has 1 rings (SSSR count). The van der Waals surface area contributed by atoms with Crippen molar-refractivity contribution in [1.29, 1.82) is 5.26 Å². The van der Waals surface area contributed by atoms with E-state index in [4.69, 9.17) is 16.9 Å². The molecule has 0 saturated heterocycles. The van der Waals surface area contributed by atoms with Gasteiger partial charge in [0.25, 0.3) is 0 Å². The number of thioether (sulfide) groups is 1. The summed E-state index contributed by atoms with van der Waals surface area (Å²) in [6.07, 6.45) is 0.834. The van der Waals surface area contributed by atoms with E-state index >= 15 is 0 Å². The molecule has 0 aromatic heterocycles. The maximum absolute atomic E-state index is 9.01. The Labute approximate surface area is 106 Å². The van der Waals surface area contributed by atoms with E-state index < -0.39 is 0 Å². The standard InChI is InChI=1S/C12H15ClN2S/c1-2-16-8-7-10(9-14)15-12-6-4-3-5-11(12)13/h3-6,10,15H,2,7-8H2,1H3. The summed E-state index contributed by atoms with van der Waals surface area (Å²) in [5, 5.41) is 12.8. The number of nitrogens with zero attached hydrogens (tertiary/aromatic N) is 1. The van der Waals surface area contributed by atoms with E-state index in [9.17, 15) is 0 Å². The number of anilines is 1. The smallest absolute Gasteiger partial charge is 0.115 e. The second-order valence-electron chi connectivity index (χ2n) is 3.29. The van der Waals surface area contributed by atoms with Crippen molar-refractivity contribution in [2.45, 2.75) is 19.4 Å². The van der Waals surface area contributed by atoms with Crippen LogP contribution in [0.3, 0.4) is 0 Å². The van der Waals surface area contributed by atoms with Gasteiger partial charge in [-0.1, -0.05) is 30.7 Å². The van der Waals surface area contributed by atoms with Crippen LogP contribution in [0.25, 0.3) is 0 Å². The number of halogens is 1. The van der Waals surface area contributed by atoms with Crippen LogP contribution in [0.15, 0.2) is 24.3 Å². The lowest BCUT2D eigenvalue weighted by molar-refractivity contribution is 0.854. The number of hydrogen-bond donors (Lipinski definition) is 1. The van der Waals surface area contributed by atoms with Crippen molar-refractivity contribution in [3.05, 3.63) is 29.3 Å². The second-order valence-corrected chi connectivity index (χ2v) is 5.09. The topological polar surface area (TPSA) is 35.8 Å². The molecule has 0 bridgehead atoms. The molecule has 0 saturated carbocycles. The van der Waals surface area contributed by atoms with Gasteiger partial charge >= 0.3 is 0 Å². The molecular formula is C12H15ClN2S. The molecule has 0 heterocycles. The Kier molecular flexibility index (Phi) is 6.14. The number of para-hydroxylation sites is 1. The Hall–Kier alpha value is -0.850. The van der Waals surface area contributed by atoms with E-state index in [-0.39, 0.29) is 6.04 Å². The number of nitrogens with one attached hydrogen (secondary N) is 1. The average molecular weight is 255 g/mol. The highest BCUT2D eigenvalue weighted by Crippen LogP contribution is 2.22. The van der Waals surface area contributed by atoms with Gasteiger partial charge in [0.1, 0.15) is 6.04 Å². The van der Waals surface area contributed by atoms with E-state index in [0.717, 1.165) is 23.6 Å². The first-order valence-corrected chi connectivity index (χ1v) is 6.79. The molecule has 86 valence electrons. The summed E-state index contributed by atoms with van der Waals surface area (Å²) in [7, 11) is 0. The van der Waals surface area contributed by atoms with Crippen molar-refractivity contribution >= 4 is 29.1 Å². The number of rotatable bonds is 6. The van der Waals surface area contributed by atoms with E-state index in [1.807, 2.05) is 36.0 Å². The van der Waals surface area contributed by atoms with Crippen LogP contribution in [0.1, 0.15) is 13.3 Å². The molecule has 0 aliphatic carbocycles. The van der Waals surface area contributed by atoms with Gasteiger partial charge in [0.15, 0.2) is 0 Å². The predicted octanol–water partition coefficient (Wildman–Crippen LogP) is 3.79. The molecule has 0 aliphatic heterocycles. The van der Waals surface area contributed by atoms with Gasteiger partial charge < -0.3 is 5.32 Å². The first kappa shape index (κ1) is 13.2. The Morgan fingerprint density at radius 3 is 2.88 bits per heavy atom. The van der Waals surface area contributed by atoms with Crippen LogP contribution in [0, 0.1) is 11.3 Å². The second kappa shape index (κ2) is 7.43. The Balaban J connectivity index is 2.51. The Bertz CT molecular complexity index is 362. The highest BCUT2D eigenvalue weighted by molar-refractivity contribution is 7.99. The number of hydrogen-bond acceptors (Lipinski definition) is 3. The number of benzene rings is 1. The molecular weight excluding hydrogens is 240 g/mol. The highest BCUT2D eigenvalue weighted by atomic mass is 35.5. The van der Waals surface area contributed by atoms with Crippen LogP contribution in [0.2, 0.25) is 5.02 Å². The van der Waals surface area contributed by atoms with E-state index in [1.54, 1.807) is 0 Å². The zero-order valence-electron chi connectivity index (χ0n) is 9.24.